The summed E-state index contributed by atoms with van der Waals surface area (Å²) in [7, 11) is 0. The molecule has 0 bridgehead atoms. The van der Waals surface area contributed by atoms with Crippen molar-refractivity contribution in [3.05, 3.63) is 40.6 Å². The molecule has 2 heterocycles. The molecule has 4 rings (SSSR count). The average molecular weight is 450 g/mol. The molecule has 170 valence electrons. The molecule has 0 saturated carbocycles. The molecular formula is C20H18O12. The van der Waals surface area contributed by atoms with E-state index in [1.54, 1.807) is 0 Å². The molecular weight excluding hydrogens is 432 g/mol. The van der Waals surface area contributed by atoms with Gasteiger partial charge in [-0.15, -0.1) is 0 Å². The van der Waals surface area contributed by atoms with Crippen molar-refractivity contribution in [3.8, 4) is 40.1 Å². The largest absolute Gasteiger partial charge is 0.508 e. The third kappa shape index (κ3) is 3.55. The maximum Gasteiger partial charge on any atom is 0.238 e. The van der Waals surface area contributed by atoms with Crippen LogP contribution in [0.3, 0.4) is 0 Å². The van der Waals surface area contributed by atoms with E-state index >= 15 is 0 Å². The number of ether oxygens (including phenoxy) is 2. The van der Waals surface area contributed by atoms with Crippen LogP contribution < -0.4 is 10.2 Å². The van der Waals surface area contributed by atoms with Crippen LogP contribution in [0.1, 0.15) is 0 Å². The second-order valence-corrected chi connectivity index (χ2v) is 7.11. The monoisotopic (exact) mass is 450 g/mol. The van der Waals surface area contributed by atoms with Crippen LogP contribution in [-0.4, -0.2) is 71.7 Å². The number of phenols is 3. The molecule has 8 N–H and O–H groups in total. The zero-order chi connectivity index (χ0) is 23.3. The summed E-state index contributed by atoms with van der Waals surface area (Å²) < 4.78 is 15.6. The molecule has 12 nitrogen and oxygen atoms in total. The maximum absolute atomic E-state index is 12.4. The van der Waals surface area contributed by atoms with Gasteiger partial charge in [0.25, 0.3) is 0 Å². The van der Waals surface area contributed by atoms with Gasteiger partial charge in [-0.1, -0.05) is 0 Å². The lowest BCUT2D eigenvalue weighted by Gasteiger charge is -2.37. The van der Waals surface area contributed by atoms with Crippen LogP contribution >= 0.6 is 0 Å². The van der Waals surface area contributed by atoms with E-state index in [1.807, 2.05) is 0 Å². The molecule has 32 heavy (non-hydrogen) atoms. The highest BCUT2D eigenvalue weighted by Crippen LogP contribution is 2.38. The Labute approximate surface area is 178 Å². The first-order valence-corrected chi connectivity index (χ1v) is 9.18. The van der Waals surface area contributed by atoms with Crippen molar-refractivity contribution in [2.75, 3.05) is 0 Å². The Morgan fingerprint density at radius 1 is 0.844 bits per heavy atom. The zero-order valence-electron chi connectivity index (χ0n) is 16.0. The van der Waals surface area contributed by atoms with Crippen LogP contribution in [-0.2, 0) is 4.74 Å². The quantitative estimate of drug-likeness (QED) is 0.252. The van der Waals surface area contributed by atoms with E-state index in [0.29, 0.717) is 0 Å². The lowest BCUT2D eigenvalue weighted by atomic mass is 10.0. The molecule has 1 aromatic heterocycles. The molecule has 1 aliphatic rings. The van der Waals surface area contributed by atoms with Crippen LogP contribution in [0.2, 0.25) is 0 Å². The molecule has 0 amide bonds. The van der Waals surface area contributed by atoms with Gasteiger partial charge in [0.05, 0.1) is 0 Å². The molecule has 0 aliphatic carbocycles. The number of hydrogen-bond acceptors (Lipinski definition) is 12. The number of fused-ring (bicyclic) bond motifs is 1. The summed E-state index contributed by atoms with van der Waals surface area (Å²) in [5, 5.41) is 78.4. The van der Waals surface area contributed by atoms with Gasteiger partial charge in [-0.05, 0) is 18.2 Å². The summed E-state index contributed by atoms with van der Waals surface area (Å²) in [4.78, 5) is 12.4. The minimum Gasteiger partial charge on any atom is -0.508 e. The number of rotatable bonds is 3. The highest BCUT2D eigenvalue weighted by molar-refractivity contribution is 5.88. The third-order valence-corrected chi connectivity index (χ3v) is 4.94. The summed E-state index contributed by atoms with van der Waals surface area (Å²) in [6, 6.07) is 5.43. The van der Waals surface area contributed by atoms with E-state index in [-0.39, 0.29) is 33.8 Å². The summed E-state index contributed by atoms with van der Waals surface area (Å²) in [5.74, 6) is -3.06. The van der Waals surface area contributed by atoms with Gasteiger partial charge in [-0.2, -0.15) is 0 Å². The number of aliphatic hydroxyl groups excluding tert-OH is 4. The first kappa shape index (κ1) is 21.7. The normalized spacial score (nSPS) is 25.7. The van der Waals surface area contributed by atoms with E-state index in [0.717, 1.165) is 24.3 Å². The van der Waals surface area contributed by atoms with Gasteiger partial charge >= 0.3 is 0 Å². The van der Waals surface area contributed by atoms with Gasteiger partial charge in [-0.25, -0.2) is 0 Å². The zero-order valence-corrected chi connectivity index (χ0v) is 16.0. The minimum absolute atomic E-state index is 0.00906. The number of aliphatic hydroxyl groups is 4. The lowest BCUT2D eigenvalue weighted by molar-refractivity contribution is -0.321. The summed E-state index contributed by atoms with van der Waals surface area (Å²) in [6.45, 7) is 0. The Kier molecular flexibility index (Phi) is 5.32. The molecule has 3 aromatic rings. The predicted molar refractivity (Wildman–Crippen MR) is 104 cm³/mol. The lowest BCUT2D eigenvalue weighted by Crippen LogP contribution is -2.59. The number of phenolic OH excluding ortho intramolecular Hbond substituents is 3. The SMILES string of the molecule is O=c1c(O)c(-c2ccc(O[C@@H]3O[C@H](O)[C@H](O)C(O)C3O)c(O)c2)oc2cc(O)cc(O)c12. The van der Waals surface area contributed by atoms with E-state index < -0.39 is 53.6 Å². The molecule has 2 unspecified atom stereocenters. The van der Waals surface area contributed by atoms with Crippen molar-refractivity contribution in [3.63, 3.8) is 0 Å². The third-order valence-electron chi connectivity index (χ3n) is 4.94. The Balaban J connectivity index is 1.69. The van der Waals surface area contributed by atoms with Crippen molar-refractivity contribution >= 4 is 11.0 Å². The van der Waals surface area contributed by atoms with Gasteiger partial charge in [0.2, 0.25) is 17.5 Å². The molecule has 5 atom stereocenters. The molecule has 1 fully saturated rings. The Hall–Kier alpha value is -3.55. The van der Waals surface area contributed by atoms with E-state index in [4.69, 9.17) is 13.9 Å². The minimum atomic E-state index is -1.85. The van der Waals surface area contributed by atoms with Crippen molar-refractivity contribution in [1.82, 2.24) is 0 Å². The van der Waals surface area contributed by atoms with Crippen LogP contribution in [0.15, 0.2) is 39.5 Å². The molecule has 1 saturated heterocycles. The van der Waals surface area contributed by atoms with Crippen LogP contribution in [0.5, 0.6) is 28.7 Å². The topological polar surface area (TPSA) is 211 Å². The van der Waals surface area contributed by atoms with E-state index in [1.165, 1.54) is 6.07 Å². The fraction of sp³-hybridized carbons (Fsp3) is 0.250. The molecule has 1 aliphatic heterocycles. The molecule has 12 heteroatoms. The highest BCUT2D eigenvalue weighted by atomic mass is 16.7. The fourth-order valence-electron chi connectivity index (χ4n) is 3.28. The van der Waals surface area contributed by atoms with Crippen LogP contribution in [0.4, 0.5) is 0 Å². The predicted octanol–water partition coefficient (Wildman–Crippen LogP) is -0.581. The van der Waals surface area contributed by atoms with Gasteiger partial charge in [0.15, 0.2) is 23.5 Å². The first-order valence-electron chi connectivity index (χ1n) is 9.18. The van der Waals surface area contributed by atoms with Gasteiger partial charge in [0, 0.05) is 17.7 Å². The van der Waals surface area contributed by atoms with E-state index in [9.17, 15) is 45.6 Å². The molecule has 2 aromatic carbocycles. The van der Waals surface area contributed by atoms with Crippen molar-refractivity contribution in [2.45, 2.75) is 30.9 Å². The van der Waals surface area contributed by atoms with Crippen molar-refractivity contribution < 1.29 is 54.7 Å². The van der Waals surface area contributed by atoms with Crippen LogP contribution in [0.25, 0.3) is 22.3 Å². The Morgan fingerprint density at radius 3 is 2.25 bits per heavy atom. The second-order valence-electron chi connectivity index (χ2n) is 7.11. The second kappa shape index (κ2) is 7.85. The summed E-state index contributed by atoms with van der Waals surface area (Å²) >= 11 is 0. The Morgan fingerprint density at radius 2 is 1.56 bits per heavy atom. The van der Waals surface area contributed by atoms with Crippen LogP contribution in [0, 0.1) is 0 Å². The number of aromatic hydroxyl groups is 4. The van der Waals surface area contributed by atoms with E-state index in [2.05, 4.69) is 0 Å². The average Bonchev–Trinajstić information content (AvgIpc) is 2.73. The number of hydrogen-bond donors (Lipinski definition) is 8. The van der Waals surface area contributed by atoms with Crippen molar-refractivity contribution in [1.29, 1.82) is 0 Å². The smallest absolute Gasteiger partial charge is 0.238 e. The Bertz CT molecular complexity index is 1240. The van der Waals surface area contributed by atoms with Gasteiger partial charge in [-0.3, -0.25) is 4.79 Å². The standard InChI is InChI=1S/C20H18O12/c21-7-4-9(23)12-11(5-7)30-18(15(26)13(12)24)6-1-2-10(8(22)3-6)31-20-17(28)14(25)16(27)19(29)32-20/h1-5,14,16-17,19-23,25-29H/t14?,16-,17?,19+,20-/m1/s1. The fourth-order valence-corrected chi connectivity index (χ4v) is 3.28. The summed E-state index contributed by atoms with van der Waals surface area (Å²) in [6.07, 6.45) is -8.79. The highest BCUT2D eigenvalue weighted by Gasteiger charge is 2.44. The summed E-state index contributed by atoms with van der Waals surface area (Å²) in [5.41, 5.74) is -1.19. The maximum atomic E-state index is 12.4. The molecule has 0 radical (unpaired) electrons. The number of benzene rings is 2. The van der Waals surface area contributed by atoms with Gasteiger partial charge < -0.3 is 54.7 Å². The van der Waals surface area contributed by atoms with Crippen molar-refractivity contribution in [2.24, 2.45) is 0 Å². The molecule has 0 spiro atoms. The first-order chi connectivity index (χ1) is 15.1. The van der Waals surface area contributed by atoms with Gasteiger partial charge in [0.1, 0.15) is 40.8 Å².